The van der Waals surface area contributed by atoms with Crippen LogP contribution < -0.4 is 0 Å². The van der Waals surface area contributed by atoms with E-state index in [4.69, 9.17) is 10.2 Å². The summed E-state index contributed by atoms with van der Waals surface area (Å²) in [5, 5.41) is 54.6. The SMILES string of the molecule is CCC(=O)c1cc(-c2cn(-c3ccc(C(=O)O)c(O)c3)nn2)nc(-c2cn(-c3ccc(C(=O)O)c(O)c3)nn2)c1. The number of aromatic carboxylic acids is 2. The fraction of sp³-hybridized carbons (Fsp3) is 0.0769. The van der Waals surface area contributed by atoms with Crippen molar-refractivity contribution in [2.24, 2.45) is 0 Å². The van der Waals surface area contributed by atoms with Crippen LogP contribution in [-0.2, 0) is 0 Å². The van der Waals surface area contributed by atoms with Gasteiger partial charge >= 0.3 is 11.9 Å². The predicted octanol–water partition coefficient (Wildman–Crippen LogP) is 2.98. The molecule has 2 aromatic carbocycles. The van der Waals surface area contributed by atoms with Crippen LogP contribution >= 0.6 is 0 Å². The smallest absolute Gasteiger partial charge is 0.339 e. The van der Waals surface area contributed by atoms with Gasteiger partial charge < -0.3 is 20.4 Å². The van der Waals surface area contributed by atoms with E-state index in [2.05, 4.69) is 25.6 Å². The first-order chi connectivity index (χ1) is 19.1. The van der Waals surface area contributed by atoms with Gasteiger partial charge in [0.05, 0.1) is 35.2 Å². The molecule has 3 aromatic heterocycles. The van der Waals surface area contributed by atoms with Gasteiger partial charge in [-0.3, -0.25) is 4.79 Å². The summed E-state index contributed by atoms with van der Waals surface area (Å²) in [5.41, 5.74) is 1.69. The minimum atomic E-state index is -1.27. The molecular formula is C26H19N7O7. The topological polar surface area (TPSA) is 206 Å². The molecule has 0 radical (unpaired) electrons. The van der Waals surface area contributed by atoms with E-state index in [0.717, 1.165) is 0 Å². The first kappa shape index (κ1) is 25.7. The van der Waals surface area contributed by atoms with Crippen molar-refractivity contribution in [3.8, 4) is 45.6 Å². The van der Waals surface area contributed by atoms with Gasteiger partial charge in [-0.25, -0.2) is 23.9 Å². The highest BCUT2D eigenvalue weighted by Crippen LogP contribution is 2.27. The van der Waals surface area contributed by atoms with Crippen LogP contribution in [0.15, 0.2) is 60.9 Å². The molecule has 0 aliphatic rings. The summed E-state index contributed by atoms with van der Waals surface area (Å²) < 4.78 is 2.64. The second kappa shape index (κ2) is 10.1. The molecule has 40 heavy (non-hydrogen) atoms. The zero-order chi connectivity index (χ0) is 28.6. The first-order valence-corrected chi connectivity index (χ1v) is 11.7. The number of hydrogen-bond acceptors (Lipinski definition) is 10. The van der Waals surface area contributed by atoms with Crippen LogP contribution in [0, 0.1) is 0 Å². The Labute approximate surface area is 224 Å². The van der Waals surface area contributed by atoms with Gasteiger partial charge in [-0.15, -0.1) is 10.2 Å². The standard InChI is InChI=1S/C26H19N7O7/c1-2-22(34)13-7-18(20-11-32(30-28-20)14-3-5-16(25(37)38)23(35)9-14)27-19(8-13)21-12-33(31-29-21)15-4-6-17(26(39)40)24(36)10-15/h3-12,35-36H,2H2,1H3,(H,37,38)(H,39,40). The van der Waals surface area contributed by atoms with Gasteiger partial charge in [-0.05, 0) is 36.4 Å². The molecule has 0 fully saturated rings. The lowest BCUT2D eigenvalue weighted by atomic mass is 10.1. The van der Waals surface area contributed by atoms with Crippen molar-refractivity contribution >= 4 is 17.7 Å². The second-order valence-electron chi connectivity index (χ2n) is 8.51. The van der Waals surface area contributed by atoms with Gasteiger partial charge in [-0.2, -0.15) is 0 Å². The number of ketones is 1. The number of aromatic hydroxyl groups is 2. The summed E-state index contributed by atoms with van der Waals surface area (Å²) in [4.78, 5) is 39.6. The van der Waals surface area contributed by atoms with Crippen molar-refractivity contribution in [3.05, 3.63) is 77.6 Å². The number of aromatic nitrogens is 7. The molecule has 5 rings (SSSR count). The lowest BCUT2D eigenvalue weighted by Gasteiger charge is -2.05. The summed E-state index contributed by atoms with van der Waals surface area (Å²) in [5.74, 6) is -3.58. The lowest BCUT2D eigenvalue weighted by Crippen LogP contribution is -2.00. The van der Waals surface area contributed by atoms with E-state index in [0.29, 0.717) is 28.3 Å². The molecule has 0 atom stereocenters. The number of rotatable bonds is 8. The van der Waals surface area contributed by atoms with E-state index in [9.17, 15) is 24.6 Å². The molecule has 200 valence electrons. The molecule has 0 aliphatic heterocycles. The maximum atomic E-state index is 12.6. The van der Waals surface area contributed by atoms with E-state index in [1.807, 2.05) is 0 Å². The lowest BCUT2D eigenvalue weighted by molar-refractivity contribution is 0.0682. The van der Waals surface area contributed by atoms with Gasteiger partial charge in [0, 0.05) is 24.1 Å². The van der Waals surface area contributed by atoms with Crippen LogP contribution in [0.1, 0.15) is 44.4 Å². The van der Waals surface area contributed by atoms with Crippen molar-refractivity contribution in [1.29, 1.82) is 0 Å². The van der Waals surface area contributed by atoms with Crippen LogP contribution in [0.25, 0.3) is 34.2 Å². The van der Waals surface area contributed by atoms with Gasteiger partial charge in [0.1, 0.15) is 34.0 Å². The normalized spacial score (nSPS) is 10.9. The zero-order valence-electron chi connectivity index (χ0n) is 20.6. The monoisotopic (exact) mass is 541 g/mol. The highest BCUT2D eigenvalue weighted by atomic mass is 16.4. The van der Waals surface area contributed by atoms with Crippen LogP contribution in [0.4, 0.5) is 0 Å². The maximum absolute atomic E-state index is 12.6. The molecule has 0 unspecified atom stereocenters. The van der Waals surface area contributed by atoms with Crippen molar-refractivity contribution in [2.45, 2.75) is 13.3 Å². The molecule has 14 heteroatoms. The molecule has 0 bridgehead atoms. The first-order valence-electron chi connectivity index (χ1n) is 11.7. The van der Waals surface area contributed by atoms with Gasteiger partial charge in [0.2, 0.25) is 0 Å². The number of carboxylic acid groups (broad SMARTS) is 2. The third kappa shape index (κ3) is 4.83. The molecule has 5 aromatic rings. The molecule has 4 N–H and O–H groups in total. The second-order valence-corrected chi connectivity index (χ2v) is 8.51. The van der Waals surface area contributed by atoms with Crippen molar-refractivity contribution in [2.75, 3.05) is 0 Å². The third-order valence-electron chi connectivity index (χ3n) is 5.93. The number of carboxylic acids is 2. The molecule has 0 saturated heterocycles. The van der Waals surface area contributed by atoms with E-state index >= 15 is 0 Å². The summed E-state index contributed by atoms with van der Waals surface area (Å²) in [6.07, 6.45) is 3.24. The largest absolute Gasteiger partial charge is 0.507 e. The Hall–Kier alpha value is -5.92. The van der Waals surface area contributed by atoms with Crippen molar-refractivity contribution in [1.82, 2.24) is 35.0 Å². The average molecular weight is 541 g/mol. The zero-order valence-corrected chi connectivity index (χ0v) is 20.6. The number of benzene rings is 2. The number of carbonyl (C=O) groups is 3. The third-order valence-corrected chi connectivity index (χ3v) is 5.93. The Kier molecular flexibility index (Phi) is 6.49. The molecule has 0 spiro atoms. The van der Waals surface area contributed by atoms with Gasteiger partial charge in [0.15, 0.2) is 5.78 Å². The minimum Gasteiger partial charge on any atom is -0.507 e. The van der Waals surface area contributed by atoms with Crippen LogP contribution in [0.5, 0.6) is 11.5 Å². The van der Waals surface area contributed by atoms with E-state index in [-0.39, 0.29) is 34.7 Å². The molecule has 0 aliphatic carbocycles. The Morgan fingerprint density at radius 1 is 0.700 bits per heavy atom. The number of Topliss-reactive ketones (excluding diaryl/α,β-unsaturated/α-hetero) is 1. The van der Waals surface area contributed by atoms with Crippen molar-refractivity contribution in [3.63, 3.8) is 0 Å². The van der Waals surface area contributed by atoms with Crippen LogP contribution in [0.2, 0.25) is 0 Å². The molecule has 0 amide bonds. The Balaban J connectivity index is 1.52. The average Bonchev–Trinajstić information content (AvgIpc) is 3.63. The highest BCUT2D eigenvalue weighted by molar-refractivity contribution is 5.97. The van der Waals surface area contributed by atoms with E-state index in [1.165, 1.54) is 58.2 Å². The number of pyridine rings is 1. The summed E-state index contributed by atoms with van der Waals surface area (Å²) in [7, 11) is 0. The van der Waals surface area contributed by atoms with Crippen LogP contribution in [-0.4, -0.2) is 73.1 Å². The van der Waals surface area contributed by atoms with E-state index in [1.54, 1.807) is 19.1 Å². The molecule has 14 nitrogen and oxygen atoms in total. The molecule has 0 saturated carbocycles. The summed E-state index contributed by atoms with van der Waals surface area (Å²) in [6, 6.07) is 11.0. The van der Waals surface area contributed by atoms with E-state index < -0.39 is 23.4 Å². The number of hydrogen-bond donors (Lipinski definition) is 4. The summed E-state index contributed by atoms with van der Waals surface area (Å²) >= 11 is 0. The number of carbonyl (C=O) groups excluding carboxylic acids is 1. The Bertz CT molecular complexity index is 1690. The fourth-order valence-electron chi connectivity index (χ4n) is 3.86. The Morgan fingerprint density at radius 2 is 1.15 bits per heavy atom. The highest BCUT2D eigenvalue weighted by Gasteiger charge is 2.18. The fourth-order valence-corrected chi connectivity index (χ4v) is 3.86. The number of nitrogens with zero attached hydrogens (tertiary/aromatic N) is 7. The number of phenols is 2. The maximum Gasteiger partial charge on any atom is 0.339 e. The predicted molar refractivity (Wildman–Crippen MR) is 137 cm³/mol. The quantitative estimate of drug-likeness (QED) is 0.209. The van der Waals surface area contributed by atoms with Crippen LogP contribution in [0.3, 0.4) is 0 Å². The van der Waals surface area contributed by atoms with Gasteiger partial charge in [0.25, 0.3) is 0 Å². The Morgan fingerprint density at radius 3 is 1.52 bits per heavy atom. The minimum absolute atomic E-state index is 0.159. The van der Waals surface area contributed by atoms with Gasteiger partial charge in [-0.1, -0.05) is 17.4 Å². The molecule has 3 heterocycles. The summed E-state index contributed by atoms with van der Waals surface area (Å²) in [6.45, 7) is 1.72. The van der Waals surface area contributed by atoms with Crippen molar-refractivity contribution < 1.29 is 34.8 Å². The molecular weight excluding hydrogens is 522 g/mol.